The SMILES string of the molecule is CC[n+]1c2ccc(C(C)(C)C)cc2c2c(C)c3cn(-c4ccc(C)cc4)c(-c4ccccc4)cc3c(C)c21. The Morgan fingerprint density at radius 1 is 0.737 bits per heavy atom. The Morgan fingerprint density at radius 2 is 1.45 bits per heavy atom. The third-order valence-corrected chi connectivity index (χ3v) is 8.25. The van der Waals surface area contributed by atoms with Crippen LogP contribution in [0.5, 0.6) is 0 Å². The lowest BCUT2D eigenvalue weighted by Gasteiger charge is -2.19. The van der Waals surface area contributed by atoms with E-state index in [1.54, 1.807) is 0 Å². The maximum Gasteiger partial charge on any atom is 0.217 e. The molecular weight excluding hydrogens is 460 g/mol. The van der Waals surface area contributed by atoms with Crippen LogP contribution in [-0.4, -0.2) is 4.57 Å². The van der Waals surface area contributed by atoms with Crippen LogP contribution in [0.1, 0.15) is 49.9 Å². The molecule has 2 heterocycles. The molecular formula is C36H37N2+. The van der Waals surface area contributed by atoms with E-state index in [1.165, 1.54) is 71.8 Å². The topological polar surface area (TPSA) is 8.81 Å². The zero-order chi connectivity index (χ0) is 26.8. The van der Waals surface area contributed by atoms with Gasteiger partial charge in [-0.05, 0) is 79.5 Å². The van der Waals surface area contributed by atoms with E-state index in [0.29, 0.717) is 0 Å². The Hall–Kier alpha value is -3.91. The summed E-state index contributed by atoms with van der Waals surface area (Å²) in [6.45, 7) is 16.9. The van der Waals surface area contributed by atoms with Gasteiger partial charge in [0, 0.05) is 28.9 Å². The van der Waals surface area contributed by atoms with Crippen LogP contribution in [0, 0.1) is 20.8 Å². The summed E-state index contributed by atoms with van der Waals surface area (Å²) >= 11 is 0. The van der Waals surface area contributed by atoms with Crippen molar-refractivity contribution in [2.75, 3.05) is 0 Å². The summed E-state index contributed by atoms with van der Waals surface area (Å²) in [5, 5.41) is 5.39. The first kappa shape index (κ1) is 24.4. The Morgan fingerprint density at radius 3 is 2.11 bits per heavy atom. The predicted molar refractivity (Wildman–Crippen MR) is 163 cm³/mol. The molecule has 0 atom stereocenters. The minimum Gasteiger partial charge on any atom is -0.316 e. The summed E-state index contributed by atoms with van der Waals surface area (Å²) < 4.78 is 4.89. The fourth-order valence-corrected chi connectivity index (χ4v) is 6.09. The maximum atomic E-state index is 2.52. The molecule has 4 aromatic carbocycles. The van der Waals surface area contributed by atoms with E-state index in [0.717, 1.165) is 6.54 Å². The van der Waals surface area contributed by atoms with Crippen LogP contribution in [0.2, 0.25) is 0 Å². The van der Waals surface area contributed by atoms with Gasteiger partial charge in [0.15, 0.2) is 0 Å². The standard InChI is InChI=1S/C36H37N2/c1-8-37-32-19-16-27(36(5,6)7)20-30(32)34-24(3)31-22-38(28-17-14-23(2)15-18-28)33(26-12-10-9-11-13-26)21-29(31)25(4)35(34)37/h9-22H,8H2,1-7H3/q+1. The molecule has 0 spiro atoms. The van der Waals surface area contributed by atoms with Crippen LogP contribution in [0.25, 0.3) is 49.5 Å². The van der Waals surface area contributed by atoms with Gasteiger partial charge >= 0.3 is 0 Å². The van der Waals surface area contributed by atoms with Crippen molar-refractivity contribution in [2.45, 2.75) is 60.4 Å². The van der Waals surface area contributed by atoms with Crippen molar-refractivity contribution in [2.24, 2.45) is 0 Å². The highest BCUT2D eigenvalue weighted by Gasteiger charge is 2.27. The van der Waals surface area contributed by atoms with Crippen molar-refractivity contribution in [3.05, 3.63) is 107 Å². The molecule has 0 aliphatic heterocycles. The summed E-state index contributed by atoms with van der Waals surface area (Å²) in [6, 6.07) is 29.1. The van der Waals surface area contributed by atoms with E-state index in [4.69, 9.17) is 0 Å². The van der Waals surface area contributed by atoms with Crippen molar-refractivity contribution < 1.29 is 4.57 Å². The quantitative estimate of drug-likeness (QED) is 0.216. The number of hydrogen-bond acceptors (Lipinski definition) is 0. The second-order valence-electron chi connectivity index (χ2n) is 11.8. The van der Waals surface area contributed by atoms with Crippen molar-refractivity contribution in [3.63, 3.8) is 0 Å². The summed E-state index contributed by atoms with van der Waals surface area (Å²) in [5.74, 6) is 0. The molecule has 0 aliphatic carbocycles. The molecule has 2 aromatic heterocycles. The van der Waals surface area contributed by atoms with Gasteiger partial charge in [-0.25, -0.2) is 0 Å². The van der Waals surface area contributed by atoms with Gasteiger partial charge in [-0.15, -0.1) is 0 Å². The lowest BCUT2D eigenvalue weighted by Crippen LogP contribution is -2.32. The lowest BCUT2D eigenvalue weighted by atomic mass is 9.86. The number of aromatic nitrogens is 2. The van der Waals surface area contributed by atoms with Crippen molar-refractivity contribution in [1.82, 2.24) is 4.57 Å². The highest BCUT2D eigenvalue weighted by Crippen LogP contribution is 2.39. The summed E-state index contributed by atoms with van der Waals surface area (Å²) in [5.41, 5.74) is 11.8. The number of aryl methyl sites for hydroxylation is 4. The third kappa shape index (κ3) is 3.74. The molecule has 2 nitrogen and oxygen atoms in total. The van der Waals surface area contributed by atoms with Crippen LogP contribution >= 0.6 is 0 Å². The zero-order valence-electron chi connectivity index (χ0n) is 23.7. The van der Waals surface area contributed by atoms with Crippen LogP contribution < -0.4 is 4.57 Å². The Bertz CT molecular complexity index is 1830. The first-order valence-corrected chi connectivity index (χ1v) is 13.8. The van der Waals surface area contributed by atoms with Crippen molar-refractivity contribution in [1.29, 1.82) is 0 Å². The number of benzene rings is 4. The summed E-state index contributed by atoms with van der Waals surface area (Å²) in [7, 11) is 0. The Balaban J connectivity index is 1.78. The van der Waals surface area contributed by atoms with Crippen LogP contribution in [0.3, 0.4) is 0 Å². The highest BCUT2D eigenvalue weighted by molar-refractivity contribution is 6.14. The summed E-state index contributed by atoms with van der Waals surface area (Å²) in [4.78, 5) is 0. The van der Waals surface area contributed by atoms with E-state index in [9.17, 15) is 0 Å². The maximum absolute atomic E-state index is 2.52. The second kappa shape index (κ2) is 8.84. The number of hydrogen-bond donors (Lipinski definition) is 0. The van der Waals surface area contributed by atoms with Gasteiger partial charge in [-0.2, -0.15) is 4.57 Å². The molecule has 0 saturated heterocycles. The fraction of sp³-hybridized carbons (Fsp3) is 0.250. The average Bonchev–Trinajstić information content (AvgIpc) is 3.25. The van der Waals surface area contributed by atoms with Gasteiger partial charge in [0.1, 0.15) is 6.54 Å². The van der Waals surface area contributed by atoms with E-state index >= 15 is 0 Å². The monoisotopic (exact) mass is 497 g/mol. The van der Waals surface area contributed by atoms with Gasteiger partial charge in [-0.1, -0.05) is 74.9 Å². The van der Waals surface area contributed by atoms with Crippen molar-refractivity contribution in [3.8, 4) is 16.9 Å². The minimum absolute atomic E-state index is 0.105. The van der Waals surface area contributed by atoms with Gasteiger partial charge in [0.05, 0.1) is 16.5 Å². The molecule has 0 saturated carbocycles. The van der Waals surface area contributed by atoms with Gasteiger partial charge in [0.25, 0.3) is 0 Å². The minimum atomic E-state index is 0.105. The second-order valence-corrected chi connectivity index (χ2v) is 11.8. The number of pyridine rings is 1. The normalized spacial score (nSPS) is 12.2. The van der Waals surface area contributed by atoms with E-state index in [1.807, 2.05) is 0 Å². The molecule has 38 heavy (non-hydrogen) atoms. The van der Waals surface area contributed by atoms with Gasteiger partial charge in [0.2, 0.25) is 11.0 Å². The highest BCUT2D eigenvalue weighted by atomic mass is 15.0. The molecule has 6 rings (SSSR count). The zero-order valence-corrected chi connectivity index (χ0v) is 23.7. The first-order chi connectivity index (χ1) is 18.2. The molecule has 2 heteroatoms. The first-order valence-electron chi connectivity index (χ1n) is 13.8. The van der Waals surface area contributed by atoms with Gasteiger partial charge < -0.3 is 4.57 Å². The largest absolute Gasteiger partial charge is 0.316 e. The molecule has 0 unspecified atom stereocenters. The predicted octanol–water partition coefficient (Wildman–Crippen LogP) is 9.13. The Kier molecular flexibility index (Phi) is 5.68. The van der Waals surface area contributed by atoms with Gasteiger partial charge in [-0.3, -0.25) is 0 Å². The van der Waals surface area contributed by atoms with E-state index in [-0.39, 0.29) is 5.41 Å². The average molecular weight is 498 g/mol. The van der Waals surface area contributed by atoms with Crippen LogP contribution in [-0.2, 0) is 12.0 Å². The molecule has 0 N–H and O–H groups in total. The molecule has 6 aromatic rings. The number of rotatable bonds is 3. The van der Waals surface area contributed by atoms with Crippen LogP contribution in [0.4, 0.5) is 0 Å². The molecule has 0 fully saturated rings. The molecule has 0 aliphatic rings. The molecule has 190 valence electrons. The lowest BCUT2D eigenvalue weighted by molar-refractivity contribution is -0.640. The third-order valence-electron chi connectivity index (χ3n) is 8.25. The molecule has 0 radical (unpaired) electrons. The molecule has 0 bridgehead atoms. The Labute approximate surface area is 226 Å². The number of fused-ring (bicyclic) bond motifs is 4. The summed E-state index contributed by atoms with van der Waals surface area (Å²) in [6.07, 6.45) is 2.37. The van der Waals surface area contributed by atoms with E-state index in [2.05, 4.69) is 143 Å². The van der Waals surface area contributed by atoms with E-state index < -0.39 is 0 Å². The molecule has 0 amide bonds. The number of nitrogens with zero attached hydrogens (tertiary/aromatic N) is 2. The fourth-order valence-electron chi connectivity index (χ4n) is 6.09. The van der Waals surface area contributed by atoms with Crippen LogP contribution in [0.15, 0.2) is 85.1 Å². The smallest absolute Gasteiger partial charge is 0.217 e. The van der Waals surface area contributed by atoms with Crippen molar-refractivity contribution >= 4 is 32.6 Å².